The molecule has 0 aliphatic heterocycles. The minimum atomic E-state index is 0.360. The van der Waals surface area contributed by atoms with Gasteiger partial charge in [0.1, 0.15) is 0 Å². The Morgan fingerprint density at radius 2 is 1.67 bits per heavy atom. The summed E-state index contributed by atoms with van der Waals surface area (Å²) in [6.45, 7) is 0. The summed E-state index contributed by atoms with van der Waals surface area (Å²) in [7, 11) is 0. The van der Waals surface area contributed by atoms with Gasteiger partial charge < -0.3 is 0 Å². The van der Waals surface area contributed by atoms with E-state index in [0.29, 0.717) is 23.2 Å². The normalized spacial score (nSPS) is 44.8. The third kappa shape index (κ3) is 1.32. The van der Waals surface area contributed by atoms with E-state index in [1.165, 1.54) is 32.1 Å². The number of benzene rings is 1. The van der Waals surface area contributed by atoms with Gasteiger partial charge in [0.2, 0.25) is 0 Å². The largest absolute Gasteiger partial charge is 0.198 e. The third-order valence-electron chi connectivity index (χ3n) is 5.81. The second-order valence-electron chi connectivity index (χ2n) is 6.77. The van der Waals surface area contributed by atoms with E-state index < -0.39 is 0 Å². The second-order valence-corrected chi connectivity index (χ2v) is 6.77. The summed E-state index contributed by atoms with van der Waals surface area (Å²) in [5.74, 6) is 2.62. The lowest BCUT2D eigenvalue weighted by atomic mass is 9.45. The lowest BCUT2D eigenvalue weighted by Gasteiger charge is -2.59. The summed E-state index contributed by atoms with van der Waals surface area (Å²) >= 11 is 0. The molecule has 1 nitrogen and oxygen atoms in total. The van der Waals surface area contributed by atoms with Crippen LogP contribution in [-0.2, 0) is 5.41 Å². The van der Waals surface area contributed by atoms with Gasteiger partial charge in [0.25, 0.3) is 0 Å². The molecule has 4 aliphatic carbocycles. The van der Waals surface area contributed by atoms with Crippen LogP contribution < -0.4 is 0 Å². The van der Waals surface area contributed by atoms with Gasteiger partial charge in [-0.05, 0) is 60.8 Å². The quantitative estimate of drug-likeness (QED) is 0.726. The summed E-state index contributed by atoms with van der Waals surface area (Å²) in [5, 5.41) is 9.40. The zero-order valence-electron chi connectivity index (χ0n) is 10.7. The summed E-state index contributed by atoms with van der Waals surface area (Å²) in [4.78, 5) is 0. The molecular formula is C17H19N. The van der Waals surface area contributed by atoms with E-state index in [1.807, 2.05) is 0 Å². The van der Waals surface area contributed by atoms with Crippen LogP contribution in [0.2, 0.25) is 0 Å². The Morgan fingerprint density at radius 3 is 2.28 bits per heavy atom. The molecule has 4 aliphatic rings. The first-order valence-corrected chi connectivity index (χ1v) is 7.26. The number of hydrogen-bond donors (Lipinski definition) is 0. The van der Waals surface area contributed by atoms with Crippen LogP contribution in [0.1, 0.15) is 37.7 Å². The van der Waals surface area contributed by atoms with E-state index in [1.54, 1.807) is 5.56 Å². The molecule has 1 aromatic rings. The number of hydrogen-bond acceptors (Lipinski definition) is 1. The van der Waals surface area contributed by atoms with Crippen molar-refractivity contribution >= 4 is 0 Å². The van der Waals surface area contributed by atoms with E-state index in [0.717, 1.165) is 5.92 Å². The average Bonchev–Trinajstić information content (AvgIpc) is 2.39. The van der Waals surface area contributed by atoms with E-state index >= 15 is 0 Å². The number of nitrogens with zero attached hydrogens (tertiary/aromatic N) is 1. The Labute approximate surface area is 109 Å². The fourth-order valence-electron chi connectivity index (χ4n) is 5.38. The lowest BCUT2D eigenvalue weighted by Crippen LogP contribution is -2.52. The highest BCUT2D eigenvalue weighted by atomic mass is 14.6. The molecule has 0 saturated heterocycles. The fraction of sp³-hybridized carbons (Fsp3) is 0.588. The van der Waals surface area contributed by atoms with E-state index in [-0.39, 0.29) is 0 Å². The Hall–Kier alpha value is -1.29. The fourth-order valence-corrected chi connectivity index (χ4v) is 5.38. The van der Waals surface area contributed by atoms with Crippen LogP contribution in [0.3, 0.4) is 0 Å². The van der Waals surface area contributed by atoms with Gasteiger partial charge in [0.15, 0.2) is 0 Å². The predicted octanol–water partition coefficient (Wildman–Crippen LogP) is 3.90. The maximum absolute atomic E-state index is 9.40. The molecule has 0 N–H and O–H groups in total. The highest BCUT2D eigenvalue weighted by Gasteiger charge is 2.55. The predicted molar refractivity (Wildman–Crippen MR) is 70.8 cm³/mol. The summed E-state index contributed by atoms with van der Waals surface area (Å²) in [6.07, 6.45) is 6.55. The van der Waals surface area contributed by atoms with Gasteiger partial charge in [-0.3, -0.25) is 0 Å². The highest BCUT2D eigenvalue weighted by molar-refractivity contribution is 5.30. The number of nitriles is 1. The third-order valence-corrected chi connectivity index (χ3v) is 5.81. The van der Waals surface area contributed by atoms with Gasteiger partial charge in [-0.1, -0.05) is 30.3 Å². The molecular weight excluding hydrogens is 218 g/mol. The maximum Gasteiger partial charge on any atom is 0.0661 e. The van der Waals surface area contributed by atoms with Crippen molar-refractivity contribution in [1.82, 2.24) is 0 Å². The molecule has 5 rings (SSSR count). The van der Waals surface area contributed by atoms with Crippen molar-refractivity contribution in [2.45, 2.75) is 37.5 Å². The van der Waals surface area contributed by atoms with Crippen LogP contribution in [-0.4, -0.2) is 0 Å². The van der Waals surface area contributed by atoms with Gasteiger partial charge in [-0.15, -0.1) is 0 Å². The van der Waals surface area contributed by atoms with Crippen LogP contribution in [0.5, 0.6) is 0 Å². The molecule has 4 fully saturated rings. The molecule has 2 atom stereocenters. The first-order chi connectivity index (χ1) is 8.81. The van der Waals surface area contributed by atoms with Crippen molar-refractivity contribution in [3.05, 3.63) is 35.9 Å². The van der Waals surface area contributed by atoms with Crippen molar-refractivity contribution in [1.29, 1.82) is 5.26 Å². The molecule has 0 spiro atoms. The van der Waals surface area contributed by atoms with Gasteiger partial charge >= 0.3 is 0 Å². The Balaban J connectivity index is 1.75. The van der Waals surface area contributed by atoms with Crippen LogP contribution in [0.4, 0.5) is 0 Å². The zero-order valence-corrected chi connectivity index (χ0v) is 10.7. The topological polar surface area (TPSA) is 23.8 Å². The standard InChI is InChI=1S/C17H19N/c18-11-16-13-6-12-7-14(16)10-17(8-12,9-13)15-4-2-1-3-5-15/h1-5,12-14,16H,6-10H2/t12?,13?,14?,16-,17+. The van der Waals surface area contributed by atoms with E-state index in [2.05, 4.69) is 36.4 Å². The van der Waals surface area contributed by atoms with Crippen molar-refractivity contribution in [2.75, 3.05) is 0 Å². The van der Waals surface area contributed by atoms with Crippen molar-refractivity contribution < 1.29 is 0 Å². The first kappa shape index (κ1) is 10.6. The summed E-state index contributed by atoms with van der Waals surface area (Å²) in [6, 6.07) is 13.7. The van der Waals surface area contributed by atoms with Gasteiger partial charge in [-0.25, -0.2) is 0 Å². The molecule has 1 aromatic carbocycles. The zero-order chi connectivity index (χ0) is 12.2. The molecule has 0 amide bonds. The van der Waals surface area contributed by atoms with E-state index in [9.17, 15) is 5.26 Å². The van der Waals surface area contributed by atoms with Crippen molar-refractivity contribution in [3.8, 4) is 6.07 Å². The highest BCUT2D eigenvalue weighted by Crippen LogP contribution is 2.62. The summed E-state index contributed by atoms with van der Waals surface area (Å²) in [5.41, 5.74) is 1.96. The van der Waals surface area contributed by atoms with Gasteiger partial charge in [-0.2, -0.15) is 5.26 Å². The molecule has 2 unspecified atom stereocenters. The molecule has 1 heteroatoms. The Morgan fingerprint density at radius 1 is 1.00 bits per heavy atom. The monoisotopic (exact) mass is 237 g/mol. The maximum atomic E-state index is 9.40. The van der Waals surface area contributed by atoms with Gasteiger partial charge in [0, 0.05) is 0 Å². The molecule has 18 heavy (non-hydrogen) atoms. The molecule has 4 bridgehead atoms. The van der Waals surface area contributed by atoms with Crippen LogP contribution >= 0.6 is 0 Å². The molecule has 0 heterocycles. The van der Waals surface area contributed by atoms with Crippen molar-refractivity contribution in [3.63, 3.8) is 0 Å². The van der Waals surface area contributed by atoms with Crippen molar-refractivity contribution in [2.24, 2.45) is 23.7 Å². The molecule has 92 valence electrons. The SMILES string of the molecule is N#C[C@H]1C2CC3CC1C[C@@](c1ccccc1)(C3)C2. The Kier molecular flexibility index (Phi) is 2.13. The smallest absolute Gasteiger partial charge is 0.0661 e. The summed E-state index contributed by atoms with van der Waals surface area (Å²) < 4.78 is 0. The molecule has 4 saturated carbocycles. The van der Waals surface area contributed by atoms with Crippen LogP contribution in [0.25, 0.3) is 0 Å². The minimum Gasteiger partial charge on any atom is -0.198 e. The second kappa shape index (κ2) is 3.60. The molecule has 0 aromatic heterocycles. The first-order valence-electron chi connectivity index (χ1n) is 7.26. The average molecular weight is 237 g/mol. The van der Waals surface area contributed by atoms with E-state index in [4.69, 9.17) is 0 Å². The van der Waals surface area contributed by atoms with Crippen LogP contribution in [0, 0.1) is 35.0 Å². The van der Waals surface area contributed by atoms with Crippen LogP contribution in [0.15, 0.2) is 30.3 Å². The Bertz CT molecular complexity index is 482. The minimum absolute atomic E-state index is 0.360. The lowest BCUT2D eigenvalue weighted by molar-refractivity contribution is -0.0351. The molecule has 0 radical (unpaired) electrons. The van der Waals surface area contributed by atoms with Gasteiger partial charge in [0.05, 0.1) is 12.0 Å². The number of rotatable bonds is 1.